The van der Waals surface area contributed by atoms with Gasteiger partial charge in [-0.15, -0.1) is 0 Å². The van der Waals surface area contributed by atoms with E-state index in [1.54, 1.807) is 18.5 Å². The molecule has 1 amide bonds. The summed E-state index contributed by atoms with van der Waals surface area (Å²) in [6.07, 6.45) is 4.47. The third kappa shape index (κ3) is 3.19. The molecule has 0 aliphatic rings. The number of amides is 1. The van der Waals surface area contributed by atoms with Crippen molar-refractivity contribution in [1.82, 2.24) is 14.8 Å². The van der Waals surface area contributed by atoms with Crippen LogP contribution in [0.4, 0.5) is 5.69 Å². The van der Waals surface area contributed by atoms with E-state index in [0.29, 0.717) is 12.8 Å². The van der Waals surface area contributed by atoms with Crippen LogP contribution in [0, 0.1) is 13.8 Å². The third-order valence-electron chi connectivity index (χ3n) is 3.21. The number of hydrogen-bond acceptors (Lipinski definition) is 3. The molecule has 100 valence electrons. The lowest BCUT2D eigenvalue weighted by Gasteiger charge is -2.05. The first-order valence-corrected chi connectivity index (χ1v) is 6.27. The third-order valence-corrected chi connectivity index (χ3v) is 3.21. The monoisotopic (exact) mass is 258 g/mol. The average molecular weight is 258 g/mol. The summed E-state index contributed by atoms with van der Waals surface area (Å²) in [4.78, 5) is 15.8. The molecule has 0 spiro atoms. The topological polar surface area (TPSA) is 59.8 Å². The van der Waals surface area contributed by atoms with Gasteiger partial charge in [0.2, 0.25) is 5.91 Å². The van der Waals surface area contributed by atoms with Gasteiger partial charge < -0.3 is 5.32 Å². The van der Waals surface area contributed by atoms with Crippen LogP contribution < -0.4 is 5.32 Å². The van der Waals surface area contributed by atoms with E-state index in [-0.39, 0.29) is 5.91 Å². The fourth-order valence-electron chi connectivity index (χ4n) is 2.08. The van der Waals surface area contributed by atoms with Crippen LogP contribution in [0.5, 0.6) is 0 Å². The molecule has 2 aromatic heterocycles. The van der Waals surface area contributed by atoms with E-state index in [9.17, 15) is 4.79 Å². The summed E-state index contributed by atoms with van der Waals surface area (Å²) in [7, 11) is 1.92. The number of anilines is 1. The van der Waals surface area contributed by atoms with Gasteiger partial charge in [0.15, 0.2) is 0 Å². The van der Waals surface area contributed by atoms with Crippen LogP contribution in [0.25, 0.3) is 0 Å². The Morgan fingerprint density at radius 3 is 2.79 bits per heavy atom. The molecule has 0 bridgehead atoms. The van der Waals surface area contributed by atoms with Crippen molar-refractivity contribution in [3.8, 4) is 0 Å². The van der Waals surface area contributed by atoms with Crippen LogP contribution in [0.2, 0.25) is 0 Å². The molecule has 0 radical (unpaired) electrons. The van der Waals surface area contributed by atoms with Crippen molar-refractivity contribution in [2.45, 2.75) is 26.7 Å². The number of rotatable bonds is 4. The molecule has 2 heterocycles. The zero-order valence-electron chi connectivity index (χ0n) is 11.5. The molecule has 5 nitrogen and oxygen atoms in total. The second-order valence-electron chi connectivity index (χ2n) is 4.56. The highest BCUT2D eigenvalue weighted by molar-refractivity contribution is 5.90. The minimum absolute atomic E-state index is 0.00402. The Hall–Kier alpha value is -2.17. The van der Waals surface area contributed by atoms with Crippen LogP contribution in [0.15, 0.2) is 24.5 Å². The van der Waals surface area contributed by atoms with E-state index in [1.807, 2.05) is 31.6 Å². The largest absolute Gasteiger partial charge is 0.325 e. The Morgan fingerprint density at radius 1 is 1.42 bits per heavy atom. The number of aromatic nitrogens is 3. The van der Waals surface area contributed by atoms with Gasteiger partial charge >= 0.3 is 0 Å². The maximum atomic E-state index is 11.8. The maximum Gasteiger partial charge on any atom is 0.224 e. The Kier molecular flexibility index (Phi) is 3.94. The quantitative estimate of drug-likeness (QED) is 0.912. The first-order chi connectivity index (χ1) is 9.08. The summed E-state index contributed by atoms with van der Waals surface area (Å²) in [6.45, 7) is 4.00. The van der Waals surface area contributed by atoms with Crippen molar-refractivity contribution in [1.29, 1.82) is 0 Å². The van der Waals surface area contributed by atoms with Crippen LogP contribution in [-0.4, -0.2) is 20.7 Å². The number of nitrogens with zero attached hydrogens (tertiary/aromatic N) is 3. The van der Waals surface area contributed by atoms with Gasteiger partial charge in [-0.2, -0.15) is 5.10 Å². The Labute approximate surface area is 112 Å². The van der Waals surface area contributed by atoms with E-state index >= 15 is 0 Å². The van der Waals surface area contributed by atoms with Gasteiger partial charge in [-0.05, 0) is 38.0 Å². The minimum atomic E-state index is -0.00402. The summed E-state index contributed by atoms with van der Waals surface area (Å²) in [5, 5.41) is 7.18. The number of aryl methyl sites for hydroxylation is 2. The molecule has 0 aliphatic heterocycles. The van der Waals surface area contributed by atoms with Gasteiger partial charge in [-0.3, -0.25) is 14.5 Å². The molecule has 0 fully saturated rings. The van der Waals surface area contributed by atoms with Gasteiger partial charge in [-0.25, -0.2) is 0 Å². The van der Waals surface area contributed by atoms with Crippen LogP contribution in [0.1, 0.15) is 23.4 Å². The normalized spacial score (nSPS) is 10.5. The van der Waals surface area contributed by atoms with Crippen molar-refractivity contribution < 1.29 is 4.79 Å². The first-order valence-electron chi connectivity index (χ1n) is 6.27. The summed E-state index contributed by atoms with van der Waals surface area (Å²) in [5.41, 5.74) is 4.00. The van der Waals surface area contributed by atoms with Crippen molar-refractivity contribution in [3.63, 3.8) is 0 Å². The molecular weight excluding hydrogens is 240 g/mol. The second kappa shape index (κ2) is 5.65. The van der Waals surface area contributed by atoms with Crippen LogP contribution in [0.3, 0.4) is 0 Å². The molecule has 0 aromatic carbocycles. The predicted molar refractivity (Wildman–Crippen MR) is 73.9 cm³/mol. The van der Waals surface area contributed by atoms with E-state index in [4.69, 9.17) is 0 Å². The molecule has 1 N–H and O–H groups in total. The number of nitrogens with one attached hydrogen (secondary N) is 1. The SMILES string of the molecule is Cc1nn(C)c(C)c1CCC(=O)Nc1cccnc1. The molecule has 0 unspecified atom stereocenters. The van der Waals surface area contributed by atoms with Crippen molar-refractivity contribution in [2.75, 3.05) is 5.32 Å². The number of pyridine rings is 1. The molecule has 0 aliphatic carbocycles. The highest BCUT2D eigenvalue weighted by atomic mass is 16.1. The zero-order valence-corrected chi connectivity index (χ0v) is 11.5. The molecule has 2 rings (SSSR count). The predicted octanol–water partition coefficient (Wildman–Crippen LogP) is 2.00. The van der Waals surface area contributed by atoms with Crippen molar-refractivity contribution >= 4 is 11.6 Å². The summed E-state index contributed by atoms with van der Waals surface area (Å²) in [5.74, 6) is -0.00402. The lowest BCUT2D eigenvalue weighted by molar-refractivity contribution is -0.116. The highest BCUT2D eigenvalue weighted by Gasteiger charge is 2.11. The molecule has 0 atom stereocenters. The van der Waals surface area contributed by atoms with Gasteiger partial charge in [0.05, 0.1) is 17.6 Å². The maximum absolute atomic E-state index is 11.8. The van der Waals surface area contributed by atoms with E-state index in [2.05, 4.69) is 15.4 Å². The van der Waals surface area contributed by atoms with Gasteiger partial charge in [0.25, 0.3) is 0 Å². The molecule has 5 heteroatoms. The average Bonchev–Trinajstić information content (AvgIpc) is 2.62. The first kappa shape index (κ1) is 13.3. The van der Waals surface area contributed by atoms with E-state index in [0.717, 1.165) is 22.6 Å². The second-order valence-corrected chi connectivity index (χ2v) is 4.56. The number of carbonyl (C=O) groups is 1. The summed E-state index contributed by atoms with van der Waals surface area (Å²) in [6, 6.07) is 3.62. The molecule has 0 saturated carbocycles. The summed E-state index contributed by atoms with van der Waals surface area (Å²) >= 11 is 0. The zero-order chi connectivity index (χ0) is 13.8. The highest BCUT2D eigenvalue weighted by Crippen LogP contribution is 2.14. The molecular formula is C14H18N4O. The van der Waals surface area contributed by atoms with Crippen molar-refractivity contribution in [3.05, 3.63) is 41.5 Å². The summed E-state index contributed by atoms with van der Waals surface area (Å²) < 4.78 is 1.85. The standard InChI is InChI=1S/C14H18N4O/c1-10-13(11(2)18(3)17-10)6-7-14(19)16-12-5-4-8-15-9-12/h4-5,8-9H,6-7H2,1-3H3,(H,16,19). The number of carbonyl (C=O) groups excluding carboxylic acids is 1. The number of hydrogen-bond donors (Lipinski definition) is 1. The molecule has 0 saturated heterocycles. The smallest absolute Gasteiger partial charge is 0.224 e. The Morgan fingerprint density at radius 2 is 2.21 bits per heavy atom. The molecule has 2 aromatic rings. The minimum Gasteiger partial charge on any atom is -0.325 e. The van der Waals surface area contributed by atoms with Crippen molar-refractivity contribution in [2.24, 2.45) is 7.05 Å². The van der Waals surface area contributed by atoms with E-state index in [1.165, 1.54) is 0 Å². The lowest BCUT2D eigenvalue weighted by atomic mass is 10.1. The van der Waals surface area contributed by atoms with E-state index < -0.39 is 0 Å². The Balaban J connectivity index is 1.94. The van der Waals surface area contributed by atoms with Crippen LogP contribution >= 0.6 is 0 Å². The van der Waals surface area contributed by atoms with Gasteiger partial charge in [0, 0.05) is 25.4 Å². The molecule has 19 heavy (non-hydrogen) atoms. The Bertz CT molecular complexity index is 575. The lowest BCUT2D eigenvalue weighted by Crippen LogP contribution is -2.12. The fourth-order valence-corrected chi connectivity index (χ4v) is 2.08. The van der Waals surface area contributed by atoms with Gasteiger partial charge in [0.1, 0.15) is 0 Å². The van der Waals surface area contributed by atoms with Crippen LogP contribution in [-0.2, 0) is 18.3 Å². The fraction of sp³-hybridized carbons (Fsp3) is 0.357. The van der Waals surface area contributed by atoms with Gasteiger partial charge in [-0.1, -0.05) is 0 Å².